The molecular formula is C14H15FN4O2. The van der Waals surface area contributed by atoms with Crippen molar-refractivity contribution in [1.82, 2.24) is 10.2 Å². The van der Waals surface area contributed by atoms with Crippen molar-refractivity contribution in [2.24, 2.45) is 10.9 Å². The Morgan fingerprint density at radius 1 is 1.29 bits per heavy atom. The van der Waals surface area contributed by atoms with E-state index in [0.717, 1.165) is 5.56 Å². The first-order valence-electron chi connectivity index (χ1n) is 6.19. The highest BCUT2D eigenvalue weighted by Gasteiger charge is 2.18. The van der Waals surface area contributed by atoms with Gasteiger partial charge >= 0.3 is 0 Å². The van der Waals surface area contributed by atoms with E-state index in [1.165, 1.54) is 12.1 Å². The molecule has 0 saturated heterocycles. The molecule has 0 aliphatic rings. The van der Waals surface area contributed by atoms with Crippen molar-refractivity contribution in [3.05, 3.63) is 46.4 Å². The van der Waals surface area contributed by atoms with Crippen molar-refractivity contribution in [2.75, 3.05) is 0 Å². The smallest absolute Gasteiger partial charge is 0.250 e. The second-order valence-corrected chi connectivity index (χ2v) is 4.61. The molecule has 0 saturated carbocycles. The molecule has 0 atom stereocenters. The van der Waals surface area contributed by atoms with Crippen molar-refractivity contribution in [3.63, 3.8) is 0 Å². The molecular weight excluding hydrogens is 275 g/mol. The van der Waals surface area contributed by atoms with E-state index in [1.807, 2.05) is 6.92 Å². The Bertz CT molecular complexity index is 716. The summed E-state index contributed by atoms with van der Waals surface area (Å²) in [6.45, 7) is 5.27. The van der Waals surface area contributed by atoms with Gasteiger partial charge in [0.2, 0.25) is 5.88 Å². The zero-order valence-corrected chi connectivity index (χ0v) is 11.9. The van der Waals surface area contributed by atoms with Crippen LogP contribution in [0, 0.1) is 26.6 Å². The summed E-state index contributed by atoms with van der Waals surface area (Å²) >= 11 is 0. The number of ether oxygens (including phenoxy) is 1. The molecule has 2 aromatic rings. The minimum Gasteiger partial charge on any atom is -0.434 e. The summed E-state index contributed by atoms with van der Waals surface area (Å²) in [5.41, 5.74) is 8.00. The van der Waals surface area contributed by atoms with Crippen LogP contribution in [0.15, 0.2) is 23.4 Å². The van der Waals surface area contributed by atoms with Gasteiger partial charge in [-0.3, -0.25) is 0 Å². The summed E-state index contributed by atoms with van der Waals surface area (Å²) in [5, 5.41) is 19.6. The van der Waals surface area contributed by atoms with Crippen LogP contribution in [0.5, 0.6) is 11.6 Å². The highest BCUT2D eigenvalue weighted by Crippen LogP contribution is 2.28. The number of benzene rings is 1. The van der Waals surface area contributed by atoms with Gasteiger partial charge in [0.05, 0.1) is 11.3 Å². The number of amidine groups is 1. The van der Waals surface area contributed by atoms with E-state index in [-0.39, 0.29) is 23.0 Å². The topological polar surface area (TPSA) is 93.6 Å². The van der Waals surface area contributed by atoms with Gasteiger partial charge in [0, 0.05) is 0 Å². The molecule has 6 nitrogen and oxygen atoms in total. The van der Waals surface area contributed by atoms with E-state index < -0.39 is 5.82 Å². The molecule has 1 aromatic carbocycles. The van der Waals surface area contributed by atoms with Crippen LogP contribution in [0.4, 0.5) is 4.39 Å². The summed E-state index contributed by atoms with van der Waals surface area (Å²) in [5.74, 6) is -0.725. The minimum atomic E-state index is -0.536. The summed E-state index contributed by atoms with van der Waals surface area (Å²) in [6, 6.07) is 4.45. The molecule has 0 amide bonds. The van der Waals surface area contributed by atoms with Gasteiger partial charge in [0.25, 0.3) is 0 Å². The second-order valence-electron chi connectivity index (χ2n) is 4.61. The molecule has 21 heavy (non-hydrogen) atoms. The molecule has 3 N–H and O–H groups in total. The SMILES string of the molecule is Cc1ccc(F)c(Oc2nnc(C)c(C)c2C(N)=NO)c1. The molecule has 0 aliphatic heterocycles. The molecule has 7 heteroatoms. The third kappa shape index (κ3) is 2.91. The number of hydrogen-bond donors (Lipinski definition) is 2. The number of oxime groups is 1. The van der Waals surface area contributed by atoms with Gasteiger partial charge in [-0.2, -0.15) is 5.10 Å². The molecule has 0 aliphatic carbocycles. The van der Waals surface area contributed by atoms with Gasteiger partial charge in [-0.05, 0) is 44.0 Å². The summed E-state index contributed by atoms with van der Waals surface area (Å²) in [6.07, 6.45) is 0. The number of hydrogen-bond acceptors (Lipinski definition) is 5. The first-order valence-corrected chi connectivity index (χ1v) is 6.19. The molecule has 0 spiro atoms. The van der Waals surface area contributed by atoms with Gasteiger partial charge < -0.3 is 15.7 Å². The maximum absolute atomic E-state index is 13.8. The van der Waals surface area contributed by atoms with E-state index in [4.69, 9.17) is 15.7 Å². The van der Waals surface area contributed by atoms with Crippen LogP contribution in [0.1, 0.15) is 22.4 Å². The lowest BCUT2D eigenvalue weighted by Gasteiger charge is -2.12. The monoisotopic (exact) mass is 290 g/mol. The molecule has 1 aromatic heterocycles. The van der Waals surface area contributed by atoms with Gasteiger partial charge in [0.1, 0.15) is 0 Å². The van der Waals surface area contributed by atoms with Crippen molar-refractivity contribution < 1.29 is 14.3 Å². The van der Waals surface area contributed by atoms with Crippen LogP contribution in [0.3, 0.4) is 0 Å². The molecule has 0 unspecified atom stereocenters. The molecule has 2 rings (SSSR count). The fourth-order valence-corrected chi connectivity index (χ4v) is 1.80. The third-order valence-electron chi connectivity index (χ3n) is 3.08. The Labute approximate surface area is 121 Å². The number of aromatic nitrogens is 2. The van der Waals surface area contributed by atoms with Crippen molar-refractivity contribution in [1.29, 1.82) is 0 Å². The maximum atomic E-state index is 13.8. The standard InChI is InChI=1S/C14H15FN4O2/c1-7-4-5-10(15)11(6-7)21-14-12(13(16)19-20)8(2)9(3)17-18-14/h4-6,20H,1-3H3,(H2,16,19). The Morgan fingerprint density at radius 2 is 2.00 bits per heavy atom. The Kier molecular flexibility index (Phi) is 4.02. The molecule has 0 bridgehead atoms. The average Bonchev–Trinajstić information content (AvgIpc) is 2.46. The molecule has 110 valence electrons. The number of nitrogens with zero attached hydrogens (tertiary/aromatic N) is 3. The largest absolute Gasteiger partial charge is 0.434 e. The van der Waals surface area contributed by atoms with Gasteiger partial charge in [-0.25, -0.2) is 4.39 Å². The van der Waals surface area contributed by atoms with E-state index >= 15 is 0 Å². The first kappa shape index (κ1) is 14.7. The zero-order valence-electron chi connectivity index (χ0n) is 11.9. The normalized spacial score (nSPS) is 11.5. The van der Waals surface area contributed by atoms with E-state index in [1.54, 1.807) is 19.9 Å². The van der Waals surface area contributed by atoms with Crippen LogP contribution in [0.25, 0.3) is 0 Å². The predicted molar refractivity (Wildman–Crippen MR) is 75.2 cm³/mol. The lowest BCUT2D eigenvalue weighted by Crippen LogP contribution is -2.18. The van der Waals surface area contributed by atoms with Crippen LogP contribution >= 0.6 is 0 Å². The van der Waals surface area contributed by atoms with Crippen LogP contribution in [-0.2, 0) is 0 Å². The predicted octanol–water partition coefficient (Wildman–Crippen LogP) is 2.43. The summed E-state index contributed by atoms with van der Waals surface area (Å²) in [7, 11) is 0. The van der Waals surface area contributed by atoms with Gasteiger partial charge in [-0.1, -0.05) is 11.2 Å². The number of aryl methyl sites for hydroxylation is 2. The fourth-order valence-electron chi connectivity index (χ4n) is 1.80. The fraction of sp³-hybridized carbons (Fsp3) is 0.214. The van der Waals surface area contributed by atoms with Crippen LogP contribution < -0.4 is 10.5 Å². The minimum absolute atomic E-state index is 0.000423. The van der Waals surface area contributed by atoms with Crippen molar-refractivity contribution >= 4 is 5.84 Å². The second kappa shape index (κ2) is 5.74. The lowest BCUT2D eigenvalue weighted by molar-refractivity contribution is 0.318. The van der Waals surface area contributed by atoms with Gasteiger partial charge in [-0.15, -0.1) is 5.10 Å². The van der Waals surface area contributed by atoms with Crippen molar-refractivity contribution in [2.45, 2.75) is 20.8 Å². The summed E-state index contributed by atoms with van der Waals surface area (Å²) in [4.78, 5) is 0. The molecule has 0 radical (unpaired) electrons. The molecule has 0 fully saturated rings. The van der Waals surface area contributed by atoms with Crippen LogP contribution in [-0.4, -0.2) is 21.2 Å². The van der Waals surface area contributed by atoms with E-state index in [2.05, 4.69) is 15.4 Å². The molecule has 1 heterocycles. The quantitative estimate of drug-likeness (QED) is 0.392. The van der Waals surface area contributed by atoms with E-state index in [0.29, 0.717) is 11.3 Å². The number of rotatable bonds is 3. The Balaban J connectivity index is 2.54. The highest BCUT2D eigenvalue weighted by molar-refractivity contribution is 6.00. The maximum Gasteiger partial charge on any atom is 0.250 e. The summed E-state index contributed by atoms with van der Waals surface area (Å²) < 4.78 is 19.2. The van der Waals surface area contributed by atoms with Gasteiger partial charge in [0.15, 0.2) is 17.4 Å². The van der Waals surface area contributed by atoms with Crippen molar-refractivity contribution in [3.8, 4) is 11.6 Å². The van der Waals surface area contributed by atoms with Crippen LogP contribution in [0.2, 0.25) is 0 Å². The Hall–Kier alpha value is -2.70. The zero-order chi connectivity index (χ0) is 15.6. The average molecular weight is 290 g/mol. The highest BCUT2D eigenvalue weighted by atomic mass is 19.1. The number of halogens is 1. The number of nitrogens with two attached hydrogens (primary N) is 1. The Morgan fingerprint density at radius 3 is 2.67 bits per heavy atom. The first-order chi connectivity index (χ1) is 9.93. The van der Waals surface area contributed by atoms with E-state index in [9.17, 15) is 4.39 Å². The third-order valence-corrected chi connectivity index (χ3v) is 3.08. The lowest BCUT2D eigenvalue weighted by atomic mass is 10.1.